The van der Waals surface area contributed by atoms with E-state index in [9.17, 15) is 9.59 Å². The third-order valence-corrected chi connectivity index (χ3v) is 4.41. The van der Waals surface area contributed by atoms with Crippen molar-refractivity contribution in [3.05, 3.63) is 56.8 Å². The van der Waals surface area contributed by atoms with Crippen LogP contribution in [0.3, 0.4) is 0 Å². The molecule has 2 rings (SSSR count). The number of nitrogens with two attached hydrogens (primary N) is 1. The highest BCUT2D eigenvalue weighted by Crippen LogP contribution is 2.34. The van der Waals surface area contributed by atoms with Crippen LogP contribution in [0, 0.1) is 0 Å². The number of nitrogens with one attached hydrogen (secondary N) is 1. The first kappa shape index (κ1) is 19.3. The van der Waals surface area contributed by atoms with Crippen LogP contribution in [0.2, 0.25) is 15.2 Å². The van der Waals surface area contributed by atoms with Crippen LogP contribution >= 0.6 is 34.8 Å². The number of pyridine rings is 1. The SMILES string of the molecule is C[C@@H](NC(=O)COC(=O)c1nc(Cl)c(Cl)c(N)c1Cl)c1ccccc1. The van der Waals surface area contributed by atoms with Crippen molar-refractivity contribution in [3.8, 4) is 0 Å². The lowest BCUT2D eigenvalue weighted by molar-refractivity contribution is -0.124. The van der Waals surface area contributed by atoms with Gasteiger partial charge in [-0.3, -0.25) is 4.79 Å². The first-order valence-electron chi connectivity index (χ1n) is 7.12. The summed E-state index contributed by atoms with van der Waals surface area (Å²) in [6, 6.07) is 9.10. The van der Waals surface area contributed by atoms with Gasteiger partial charge in [-0.1, -0.05) is 65.1 Å². The summed E-state index contributed by atoms with van der Waals surface area (Å²) < 4.78 is 4.90. The maximum atomic E-state index is 12.0. The van der Waals surface area contributed by atoms with E-state index in [1.54, 1.807) is 0 Å². The monoisotopic (exact) mass is 401 g/mol. The molecule has 25 heavy (non-hydrogen) atoms. The molecule has 0 saturated carbocycles. The van der Waals surface area contributed by atoms with Crippen molar-refractivity contribution >= 4 is 52.4 Å². The fourth-order valence-electron chi connectivity index (χ4n) is 1.97. The van der Waals surface area contributed by atoms with Gasteiger partial charge >= 0.3 is 5.97 Å². The smallest absolute Gasteiger partial charge is 0.359 e. The minimum absolute atomic E-state index is 0.0577. The topological polar surface area (TPSA) is 94.3 Å². The zero-order chi connectivity index (χ0) is 18.6. The van der Waals surface area contributed by atoms with Crippen molar-refractivity contribution in [1.82, 2.24) is 10.3 Å². The van der Waals surface area contributed by atoms with Crippen molar-refractivity contribution < 1.29 is 14.3 Å². The summed E-state index contributed by atoms with van der Waals surface area (Å²) in [4.78, 5) is 27.7. The van der Waals surface area contributed by atoms with E-state index in [4.69, 9.17) is 45.3 Å². The highest BCUT2D eigenvalue weighted by atomic mass is 35.5. The highest BCUT2D eigenvalue weighted by molar-refractivity contribution is 6.46. The minimum atomic E-state index is -0.933. The zero-order valence-electron chi connectivity index (χ0n) is 13.1. The van der Waals surface area contributed by atoms with E-state index in [2.05, 4.69) is 10.3 Å². The molecule has 2 aromatic rings. The molecule has 1 amide bonds. The highest BCUT2D eigenvalue weighted by Gasteiger charge is 2.22. The molecule has 6 nitrogen and oxygen atoms in total. The molecule has 1 heterocycles. The second-order valence-corrected chi connectivity index (χ2v) is 6.18. The number of hydrogen-bond acceptors (Lipinski definition) is 5. The second kappa shape index (κ2) is 8.38. The number of nitrogens with zero attached hydrogens (tertiary/aromatic N) is 1. The fraction of sp³-hybridized carbons (Fsp3) is 0.188. The molecule has 0 aliphatic carbocycles. The minimum Gasteiger partial charge on any atom is -0.451 e. The van der Waals surface area contributed by atoms with E-state index in [-0.39, 0.29) is 32.6 Å². The third-order valence-electron chi connectivity index (χ3n) is 3.28. The average molecular weight is 403 g/mol. The van der Waals surface area contributed by atoms with Crippen LogP contribution in [-0.4, -0.2) is 23.5 Å². The van der Waals surface area contributed by atoms with Crippen LogP contribution in [-0.2, 0) is 9.53 Å². The van der Waals surface area contributed by atoms with Crippen molar-refractivity contribution in [1.29, 1.82) is 0 Å². The summed E-state index contributed by atoms with van der Waals surface area (Å²) in [6.45, 7) is 1.31. The molecular formula is C16H14Cl3N3O3. The molecule has 0 unspecified atom stereocenters. The molecule has 132 valence electrons. The van der Waals surface area contributed by atoms with Gasteiger partial charge in [0.25, 0.3) is 5.91 Å². The number of benzene rings is 1. The summed E-state index contributed by atoms with van der Waals surface area (Å²) in [5.41, 5.74) is 6.16. The Bertz CT molecular complexity index is 800. The third kappa shape index (κ3) is 4.75. The Balaban J connectivity index is 1.97. The van der Waals surface area contributed by atoms with Crippen molar-refractivity contribution in [2.75, 3.05) is 12.3 Å². The molecule has 0 saturated heterocycles. The van der Waals surface area contributed by atoms with Gasteiger partial charge in [-0.2, -0.15) is 0 Å². The number of anilines is 1. The number of carbonyl (C=O) groups is 2. The summed E-state index contributed by atoms with van der Waals surface area (Å²) in [5.74, 6) is -1.41. The molecule has 0 aliphatic heterocycles. The Kier molecular flexibility index (Phi) is 6.47. The molecule has 1 aromatic heterocycles. The van der Waals surface area contributed by atoms with Gasteiger partial charge in [-0.15, -0.1) is 0 Å². The first-order chi connectivity index (χ1) is 11.8. The van der Waals surface area contributed by atoms with Crippen LogP contribution in [0.4, 0.5) is 5.69 Å². The van der Waals surface area contributed by atoms with E-state index in [1.165, 1.54) is 0 Å². The molecule has 0 radical (unpaired) electrons. The number of ether oxygens (including phenoxy) is 1. The number of amides is 1. The molecule has 1 atom stereocenters. The Morgan fingerprint density at radius 1 is 1.20 bits per heavy atom. The first-order valence-corrected chi connectivity index (χ1v) is 8.26. The van der Waals surface area contributed by atoms with Gasteiger partial charge in [0.2, 0.25) is 0 Å². The van der Waals surface area contributed by atoms with Crippen molar-refractivity contribution in [3.63, 3.8) is 0 Å². The summed E-state index contributed by atoms with van der Waals surface area (Å²) in [7, 11) is 0. The van der Waals surface area contributed by atoms with Gasteiger partial charge in [-0.05, 0) is 12.5 Å². The van der Waals surface area contributed by atoms with Crippen LogP contribution in [0.1, 0.15) is 29.0 Å². The average Bonchev–Trinajstić information content (AvgIpc) is 2.61. The number of rotatable bonds is 5. The van der Waals surface area contributed by atoms with Crippen LogP contribution in [0.5, 0.6) is 0 Å². The summed E-state index contributed by atoms with van der Waals surface area (Å²) >= 11 is 17.5. The lowest BCUT2D eigenvalue weighted by atomic mass is 10.1. The zero-order valence-corrected chi connectivity index (χ0v) is 15.3. The molecular weight excluding hydrogens is 389 g/mol. The summed E-state index contributed by atoms with van der Waals surface area (Å²) in [5, 5.41) is 2.28. The molecule has 0 aliphatic rings. The van der Waals surface area contributed by atoms with Crippen LogP contribution < -0.4 is 11.1 Å². The fourth-order valence-corrected chi connectivity index (χ4v) is 2.56. The Labute approximate surface area is 159 Å². The van der Waals surface area contributed by atoms with Gasteiger partial charge in [0.05, 0.1) is 16.8 Å². The largest absolute Gasteiger partial charge is 0.451 e. The molecule has 0 spiro atoms. The molecule has 9 heteroatoms. The maximum Gasteiger partial charge on any atom is 0.359 e. The lowest BCUT2D eigenvalue weighted by Crippen LogP contribution is -2.31. The maximum absolute atomic E-state index is 12.0. The van der Waals surface area contributed by atoms with E-state index >= 15 is 0 Å². The van der Waals surface area contributed by atoms with Gasteiger partial charge in [0.15, 0.2) is 17.5 Å². The number of halogens is 3. The van der Waals surface area contributed by atoms with Crippen LogP contribution in [0.15, 0.2) is 30.3 Å². The number of carbonyl (C=O) groups excluding carboxylic acids is 2. The predicted molar refractivity (Wildman–Crippen MR) is 97.0 cm³/mol. The number of hydrogen-bond donors (Lipinski definition) is 2. The molecule has 1 aromatic carbocycles. The predicted octanol–water partition coefficient (Wildman–Crippen LogP) is 3.66. The second-order valence-electron chi connectivity index (χ2n) is 5.07. The van der Waals surface area contributed by atoms with Crippen molar-refractivity contribution in [2.24, 2.45) is 0 Å². The number of esters is 1. The van der Waals surface area contributed by atoms with Gasteiger partial charge < -0.3 is 15.8 Å². The standard InChI is InChI=1S/C16H14Cl3N3O3/c1-8(9-5-3-2-4-6-9)21-10(23)7-25-16(24)14-11(17)13(20)12(18)15(19)22-14/h2-6,8H,7H2,1H3,(H2,20,22)(H,21,23)/t8-/m1/s1. The van der Waals surface area contributed by atoms with E-state index in [0.29, 0.717) is 0 Å². The van der Waals surface area contributed by atoms with E-state index < -0.39 is 18.5 Å². The number of aromatic nitrogens is 1. The molecule has 0 bridgehead atoms. The Morgan fingerprint density at radius 2 is 1.84 bits per heavy atom. The van der Waals surface area contributed by atoms with E-state index in [0.717, 1.165) is 5.56 Å². The summed E-state index contributed by atoms with van der Waals surface area (Å²) in [6.07, 6.45) is 0. The van der Waals surface area contributed by atoms with Crippen molar-refractivity contribution in [2.45, 2.75) is 13.0 Å². The quantitative estimate of drug-likeness (QED) is 0.588. The lowest BCUT2D eigenvalue weighted by Gasteiger charge is -2.14. The number of nitrogen functional groups attached to an aromatic ring is 1. The van der Waals surface area contributed by atoms with Crippen LogP contribution in [0.25, 0.3) is 0 Å². The Morgan fingerprint density at radius 3 is 2.48 bits per heavy atom. The normalized spacial score (nSPS) is 11.7. The van der Waals surface area contributed by atoms with Gasteiger partial charge in [0, 0.05) is 0 Å². The van der Waals surface area contributed by atoms with Gasteiger partial charge in [-0.25, -0.2) is 9.78 Å². The molecule has 3 N–H and O–H groups in total. The Hall–Kier alpha value is -2.02. The molecule has 0 fully saturated rings. The van der Waals surface area contributed by atoms with E-state index in [1.807, 2.05) is 37.3 Å². The van der Waals surface area contributed by atoms with Gasteiger partial charge in [0.1, 0.15) is 5.02 Å².